The van der Waals surface area contributed by atoms with Gasteiger partial charge in [-0.05, 0) is 20.8 Å². The number of hydrogen-bond donors (Lipinski definition) is 0. The summed E-state index contributed by atoms with van der Waals surface area (Å²) in [5.41, 5.74) is 0.921. The molecule has 1 atom stereocenters. The molecule has 1 fully saturated rings. The molecule has 1 aromatic heterocycles. The summed E-state index contributed by atoms with van der Waals surface area (Å²) in [7, 11) is 0. The summed E-state index contributed by atoms with van der Waals surface area (Å²) in [5, 5.41) is 3.20. The van der Waals surface area contributed by atoms with Crippen LogP contribution in [0.2, 0.25) is 0 Å². The monoisotopic (exact) mass is 274 g/mol. The average Bonchev–Trinajstić information content (AvgIpc) is 2.75. The quantitative estimate of drug-likeness (QED) is 0.792. The van der Waals surface area contributed by atoms with Crippen LogP contribution in [0.1, 0.15) is 37.5 Å². The molecule has 5 heteroatoms. The molecule has 1 unspecified atom stereocenters. The lowest BCUT2D eigenvalue weighted by atomic mass is 10.1. The van der Waals surface area contributed by atoms with Gasteiger partial charge in [0, 0.05) is 18.5 Å². The van der Waals surface area contributed by atoms with Crippen LogP contribution in [0.15, 0.2) is 5.38 Å². The molecule has 1 aliphatic rings. The van der Waals surface area contributed by atoms with Crippen LogP contribution in [0.25, 0.3) is 0 Å². The zero-order valence-corrected chi connectivity index (χ0v) is 12.1. The highest BCUT2D eigenvalue weighted by Crippen LogP contribution is 2.28. The van der Waals surface area contributed by atoms with Crippen molar-refractivity contribution in [1.29, 1.82) is 0 Å². The maximum Gasteiger partial charge on any atom is 0.110 e. The van der Waals surface area contributed by atoms with Gasteiger partial charge in [0.05, 0.1) is 29.8 Å². The lowest BCUT2D eigenvalue weighted by Crippen LogP contribution is -2.48. The maximum atomic E-state index is 5.79. The Balaban J connectivity index is 2.06. The first kappa shape index (κ1) is 13.3. The molecule has 1 aromatic rings. The van der Waals surface area contributed by atoms with E-state index in [9.17, 15) is 0 Å². The molecule has 0 amide bonds. The Labute approximate surface area is 112 Å². The second-order valence-corrected chi connectivity index (χ2v) is 6.22. The lowest BCUT2D eigenvalue weighted by molar-refractivity contribution is -0.0959. The van der Waals surface area contributed by atoms with E-state index in [4.69, 9.17) is 16.3 Å². The molecule has 0 N–H and O–H groups in total. The summed E-state index contributed by atoms with van der Waals surface area (Å²) in [6.45, 7) is 9.20. The highest BCUT2D eigenvalue weighted by molar-refractivity contribution is 7.09. The molecule has 1 aliphatic heterocycles. The molecule has 0 bridgehead atoms. The van der Waals surface area contributed by atoms with Gasteiger partial charge in [0.2, 0.25) is 0 Å². The number of morpholine rings is 1. The third kappa shape index (κ3) is 3.19. The van der Waals surface area contributed by atoms with E-state index in [0.29, 0.717) is 11.9 Å². The van der Waals surface area contributed by atoms with Crippen molar-refractivity contribution in [3.63, 3.8) is 0 Å². The zero-order valence-electron chi connectivity index (χ0n) is 10.6. The topological polar surface area (TPSA) is 25.4 Å². The largest absolute Gasteiger partial charge is 0.373 e. The average molecular weight is 275 g/mol. The predicted molar refractivity (Wildman–Crippen MR) is 71.7 cm³/mol. The number of thiazole rings is 1. The Morgan fingerprint density at radius 3 is 3.00 bits per heavy atom. The van der Waals surface area contributed by atoms with Crippen molar-refractivity contribution in [2.75, 3.05) is 19.7 Å². The zero-order chi connectivity index (χ0) is 12.5. The van der Waals surface area contributed by atoms with Crippen molar-refractivity contribution in [2.45, 2.75) is 38.3 Å². The van der Waals surface area contributed by atoms with Gasteiger partial charge >= 0.3 is 0 Å². The molecule has 0 saturated carbocycles. The minimum atomic E-state index is -0.0565. The van der Waals surface area contributed by atoms with Gasteiger partial charge in [-0.3, -0.25) is 4.90 Å². The van der Waals surface area contributed by atoms with Gasteiger partial charge in [-0.25, -0.2) is 4.98 Å². The second kappa shape index (κ2) is 5.22. The highest BCUT2D eigenvalue weighted by atomic mass is 35.5. The molecule has 0 aromatic carbocycles. The normalized spacial score (nSPS) is 22.6. The first-order valence-electron chi connectivity index (χ1n) is 5.90. The first-order chi connectivity index (χ1) is 8.02. The second-order valence-electron chi connectivity index (χ2n) is 5.07. The summed E-state index contributed by atoms with van der Waals surface area (Å²) in [4.78, 5) is 6.99. The first-order valence-corrected chi connectivity index (χ1v) is 7.31. The van der Waals surface area contributed by atoms with Crippen LogP contribution in [0, 0.1) is 0 Å². The number of ether oxygens (including phenoxy) is 1. The predicted octanol–water partition coefficient (Wildman–Crippen LogP) is 3.05. The molecule has 2 rings (SSSR count). The number of hydrogen-bond acceptors (Lipinski definition) is 4. The van der Waals surface area contributed by atoms with E-state index in [1.807, 2.05) is 5.38 Å². The third-order valence-corrected chi connectivity index (χ3v) is 4.40. The summed E-state index contributed by atoms with van der Waals surface area (Å²) in [6, 6.07) is 0.347. The molecular weight excluding hydrogens is 256 g/mol. The summed E-state index contributed by atoms with van der Waals surface area (Å²) < 4.78 is 5.73. The highest BCUT2D eigenvalue weighted by Gasteiger charge is 2.31. The van der Waals surface area contributed by atoms with Gasteiger partial charge in [-0.15, -0.1) is 22.9 Å². The molecule has 0 spiro atoms. The fourth-order valence-electron chi connectivity index (χ4n) is 2.12. The molecule has 3 nitrogen and oxygen atoms in total. The SMILES string of the molecule is CC(c1nc(CCl)cs1)N1CCOC(C)(C)C1. The number of nitrogens with zero attached hydrogens (tertiary/aromatic N) is 2. The lowest BCUT2D eigenvalue weighted by Gasteiger charge is -2.40. The maximum absolute atomic E-state index is 5.79. The van der Waals surface area contributed by atoms with Crippen LogP contribution in [0.5, 0.6) is 0 Å². The van der Waals surface area contributed by atoms with Crippen molar-refractivity contribution < 1.29 is 4.74 Å². The Hall–Kier alpha value is -0.160. The van der Waals surface area contributed by atoms with E-state index >= 15 is 0 Å². The van der Waals surface area contributed by atoms with E-state index in [-0.39, 0.29) is 5.60 Å². The van der Waals surface area contributed by atoms with E-state index in [1.165, 1.54) is 0 Å². The Morgan fingerprint density at radius 2 is 2.41 bits per heavy atom. The van der Waals surface area contributed by atoms with Crippen molar-refractivity contribution in [1.82, 2.24) is 9.88 Å². The molecule has 1 saturated heterocycles. The molecular formula is C12H19ClN2OS. The van der Waals surface area contributed by atoms with Gasteiger partial charge in [0.1, 0.15) is 5.01 Å². The Kier molecular flexibility index (Phi) is 4.08. The fraction of sp³-hybridized carbons (Fsp3) is 0.750. The van der Waals surface area contributed by atoms with Crippen LogP contribution in [-0.4, -0.2) is 35.2 Å². The Morgan fingerprint density at radius 1 is 1.65 bits per heavy atom. The van der Waals surface area contributed by atoms with Gasteiger partial charge < -0.3 is 4.74 Å². The van der Waals surface area contributed by atoms with Crippen molar-refractivity contribution in [3.8, 4) is 0 Å². The molecule has 0 aliphatic carbocycles. The molecule has 96 valence electrons. The summed E-state index contributed by atoms with van der Waals surface area (Å²) >= 11 is 7.48. The molecule has 2 heterocycles. The van der Waals surface area contributed by atoms with Gasteiger partial charge in [0.25, 0.3) is 0 Å². The van der Waals surface area contributed by atoms with Crippen LogP contribution in [0.4, 0.5) is 0 Å². The molecule has 0 radical (unpaired) electrons. The standard InChI is InChI=1S/C12H19ClN2OS/c1-9(11-14-10(6-13)7-17-11)15-4-5-16-12(2,3)8-15/h7,9H,4-6,8H2,1-3H3. The van der Waals surface area contributed by atoms with E-state index < -0.39 is 0 Å². The van der Waals surface area contributed by atoms with Gasteiger partial charge in [-0.2, -0.15) is 0 Å². The number of alkyl halides is 1. The van der Waals surface area contributed by atoms with Crippen LogP contribution < -0.4 is 0 Å². The van der Waals surface area contributed by atoms with Crippen LogP contribution in [0.3, 0.4) is 0 Å². The number of aromatic nitrogens is 1. The van der Waals surface area contributed by atoms with Crippen molar-refractivity contribution in [3.05, 3.63) is 16.1 Å². The Bertz CT molecular complexity index is 380. The van der Waals surface area contributed by atoms with E-state index in [1.54, 1.807) is 11.3 Å². The van der Waals surface area contributed by atoms with Gasteiger partial charge in [0.15, 0.2) is 0 Å². The van der Waals surface area contributed by atoms with Crippen molar-refractivity contribution in [2.24, 2.45) is 0 Å². The smallest absolute Gasteiger partial charge is 0.110 e. The summed E-state index contributed by atoms with van der Waals surface area (Å²) in [5.74, 6) is 0.498. The van der Waals surface area contributed by atoms with Crippen LogP contribution >= 0.6 is 22.9 Å². The van der Waals surface area contributed by atoms with E-state index in [0.717, 1.165) is 30.4 Å². The number of halogens is 1. The minimum absolute atomic E-state index is 0.0565. The number of rotatable bonds is 3. The van der Waals surface area contributed by atoms with Gasteiger partial charge in [-0.1, -0.05) is 0 Å². The fourth-order valence-corrected chi connectivity index (χ4v) is 3.25. The van der Waals surface area contributed by atoms with Crippen molar-refractivity contribution >= 4 is 22.9 Å². The van der Waals surface area contributed by atoms with Crippen LogP contribution in [-0.2, 0) is 10.6 Å². The minimum Gasteiger partial charge on any atom is -0.373 e. The molecule has 17 heavy (non-hydrogen) atoms. The summed E-state index contributed by atoms with van der Waals surface area (Å²) in [6.07, 6.45) is 0. The third-order valence-electron chi connectivity index (χ3n) is 3.07. The van der Waals surface area contributed by atoms with E-state index in [2.05, 4.69) is 30.7 Å².